The van der Waals surface area contributed by atoms with Gasteiger partial charge in [0.05, 0.1) is 16.8 Å². The summed E-state index contributed by atoms with van der Waals surface area (Å²) in [6.07, 6.45) is 3.25. The fourth-order valence-corrected chi connectivity index (χ4v) is 8.93. The third-order valence-electron chi connectivity index (χ3n) is 10.4. The van der Waals surface area contributed by atoms with Gasteiger partial charge in [-0.15, -0.1) is 0 Å². The third-order valence-corrected chi connectivity index (χ3v) is 11.6. The Bertz CT molecular complexity index is 2280. The number of nitrogens with zero attached hydrogens (tertiary/aromatic N) is 2. The maximum absolute atomic E-state index is 14.5. The van der Waals surface area contributed by atoms with E-state index in [1.54, 1.807) is 30.3 Å². The van der Waals surface area contributed by atoms with E-state index in [4.69, 9.17) is 32.7 Å². The zero-order valence-corrected chi connectivity index (χ0v) is 33.0. The van der Waals surface area contributed by atoms with Gasteiger partial charge in [0.2, 0.25) is 0 Å². The van der Waals surface area contributed by atoms with Crippen molar-refractivity contribution in [2.75, 3.05) is 29.5 Å². The van der Waals surface area contributed by atoms with Crippen LogP contribution in [-0.4, -0.2) is 37.5 Å². The molecule has 0 saturated carbocycles. The number of nitrogens with one attached hydrogen (secondary N) is 1. The number of carbonyl (C=O) groups excluding carboxylic acids is 3. The van der Waals surface area contributed by atoms with E-state index < -0.39 is 17.8 Å². The zero-order chi connectivity index (χ0) is 38.2. The van der Waals surface area contributed by atoms with Crippen molar-refractivity contribution in [3.63, 3.8) is 0 Å². The normalized spacial score (nSPS) is 18.6. The fourth-order valence-electron chi connectivity index (χ4n) is 7.89. The molecule has 0 aromatic heterocycles. The second kappa shape index (κ2) is 15.6. The highest BCUT2D eigenvalue weighted by Gasteiger charge is 2.40. The predicted molar refractivity (Wildman–Crippen MR) is 220 cm³/mol. The van der Waals surface area contributed by atoms with Crippen LogP contribution in [0.3, 0.4) is 0 Å². The molecule has 0 radical (unpaired) electrons. The minimum atomic E-state index is -0.795. The number of urea groups is 1. The molecule has 11 heteroatoms. The Hall–Kier alpha value is -5.09. The average Bonchev–Trinajstić information content (AvgIpc) is 3.18. The van der Waals surface area contributed by atoms with Gasteiger partial charge in [-0.3, -0.25) is 14.9 Å². The molecule has 55 heavy (non-hydrogen) atoms. The summed E-state index contributed by atoms with van der Waals surface area (Å²) in [5.74, 6) is -0.569. The molecule has 5 aromatic rings. The Morgan fingerprint density at radius 2 is 1.45 bits per heavy atom. The predicted octanol–water partition coefficient (Wildman–Crippen LogP) is 10.3. The molecule has 1 saturated heterocycles. The van der Waals surface area contributed by atoms with Crippen LogP contribution < -0.4 is 24.6 Å². The van der Waals surface area contributed by atoms with Crippen LogP contribution in [0.4, 0.5) is 16.2 Å². The topological polar surface area (TPSA) is 88.2 Å². The van der Waals surface area contributed by atoms with E-state index in [1.165, 1.54) is 17.2 Å². The van der Waals surface area contributed by atoms with Crippen molar-refractivity contribution in [3.05, 3.63) is 157 Å². The fraction of sp³-hybridized carbons (Fsp3) is 0.205. The van der Waals surface area contributed by atoms with Crippen LogP contribution in [0.2, 0.25) is 10.0 Å². The molecule has 8 rings (SSSR count). The number of halogens is 3. The standard InChI is InChI=1S/C44H36BrCl2N3O5/c1-2-54-39-21-26(20-37(45)41(39)55-25-29-13-14-30(46)22-38(29)47)19-36-42(51)48-44(53)50(43(36)52)31-23-34-32(27-9-5-3-6-10-27)15-17-49-18-16-33(35(24-31)40(34)49)28-11-7-4-8-12-28/h3-14,19-24,32-33H,2,15-18,25H2,1H3,(H,48,51,53)/b36-19+/t32-,33-/m1/s1. The molecule has 1 N–H and O–H groups in total. The van der Waals surface area contributed by atoms with Gasteiger partial charge in [0.25, 0.3) is 11.8 Å². The first-order valence-corrected chi connectivity index (χ1v) is 19.7. The highest BCUT2D eigenvalue weighted by atomic mass is 79.9. The SMILES string of the molecule is CCOc1cc(/C=C2\C(=O)NC(=O)N(c3cc4c5c(c3)[C@@H](c3ccccc3)CCN5CC[C@@H]4c3ccccc3)C2=O)cc(Br)c1OCc1ccc(Cl)cc1Cl. The van der Waals surface area contributed by atoms with Gasteiger partial charge in [0.1, 0.15) is 12.2 Å². The van der Waals surface area contributed by atoms with E-state index in [1.807, 2.05) is 55.5 Å². The summed E-state index contributed by atoms with van der Waals surface area (Å²) in [5, 5.41) is 3.41. The summed E-state index contributed by atoms with van der Waals surface area (Å²) in [7, 11) is 0. The molecule has 0 bridgehead atoms. The lowest BCUT2D eigenvalue weighted by Crippen LogP contribution is -2.54. The molecule has 278 valence electrons. The molecule has 0 spiro atoms. The van der Waals surface area contributed by atoms with Gasteiger partial charge in [0.15, 0.2) is 11.5 Å². The largest absolute Gasteiger partial charge is 0.490 e. The smallest absolute Gasteiger partial charge is 0.335 e. The lowest BCUT2D eigenvalue weighted by Gasteiger charge is -2.44. The van der Waals surface area contributed by atoms with Gasteiger partial charge in [-0.05, 0) is 106 Å². The number of barbiturate groups is 1. The van der Waals surface area contributed by atoms with Crippen LogP contribution in [0.5, 0.6) is 11.5 Å². The molecule has 8 nitrogen and oxygen atoms in total. The minimum absolute atomic E-state index is 0.0612. The maximum atomic E-state index is 14.5. The summed E-state index contributed by atoms with van der Waals surface area (Å²) < 4.78 is 12.6. The van der Waals surface area contributed by atoms with Gasteiger partial charge in [-0.25, -0.2) is 9.69 Å². The highest BCUT2D eigenvalue weighted by molar-refractivity contribution is 9.10. The number of rotatable bonds is 9. The zero-order valence-electron chi connectivity index (χ0n) is 29.9. The molecule has 3 aliphatic rings. The Balaban J connectivity index is 1.18. The van der Waals surface area contributed by atoms with Crippen LogP contribution in [0.25, 0.3) is 6.08 Å². The van der Waals surface area contributed by atoms with Gasteiger partial charge < -0.3 is 14.4 Å². The minimum Gasteiger partial charge on any atom is -0.490 e. The van der Waals surface area contributed by atoms with Crippen molar-refractivity contribution in [1.82, 2.24) is 5.32 Å². The highest BCUT2D eigenvalue weighted by Crippen LogP contribution is 2.50. The number of hydrogen-bond acceptors (Lipinski definition) is 6. The number of anilines is 2. The maximum Gasteiger partial charge on any atom is 0.335 e. The van der Waals surface area contributed by atoms with Crippen LogP contribution in [0.15, 0.2) is 113 Å². The monoisotopic (exact) mass is 835 g/mol. The molecule has 0 unspecified atom stereocenters. The van der Waals surface area contributed by atoms with E-state index in [-0.39, 0.29) is 24.0 Å². The number of hydrogen-bond donors (Lipinski definition) is 1. The van der Waals surface area contributed by atoms with Crippen LogP contribution >= 0.6 is 39.1 Å². The van der Waals surface area contributed by atoms with Crippen molar-refractivity contribution in [3.8, 4) is 11.5 Å². The molecule has 3 aliphatic heterocycles. The van der Waals surface area contributed by atoms with Crippen molar-refractivity contribution < 1.29 is 23.9 Å². The summed E-state index contributed by atoms with van der Waals surface area (Å²) >= 11 is 16.0. The van der Waals surface area contributed by atoms with Crippen LogP contribution in [0.1, 0.15) is 65.0 Å². The van der Waals surface area contributed by atoms with Gasteiger partial charge >= 0.3 is 6.03 Å². The molecule has 1 fully saturated rings. The van der Waals surface area contributed by atoms with Gasteiger partial charge in [0, 0.05) is 46.2 Å². The summed E-state index contributed by atoms with van der Waals surface area (Å²) in [6, 6.07) is 32.4. The number of ether oxygens (including phenoxy) is 2. The Morgan fingerprint density at radius 3 is 2.05 bits per heavy atom. The van der Waals surface area contributed by atoms with Crippen LogP contribution in [-0.2, 0) is 16.2 Å². The molecule has 2 atom stereocenters. The Labute approximate surface area is 337 Å². The van der Waals surface area contributed by atoms with Crippen LogP contribution in [0, 0.1) is 0 Å². The average molecular weight is 838 g/mol. The number of imide groups is 2. The lowest BCUT2D eigenvalue weighted by molar-refractivity contribution is -0.122. The quantitative estimate of drug-likeness (QED) is 0.118. The van der Waals surface area contributed by atoms with E-state index in [0.717, 1.165) is 53.2 Å². The van der Waals surface area contributed by atoms with Gasteiger partial charge in [-0.2, -0.15) is 0 Å². The molecule has 3 heterocycles. The second-order valence-corrected chi connectivity index (χ2v) is 15.4. The van der Waals surface area contributed by atoms with E-state index >= 15 is 0 Å². The summed E-state index contributed by atoms with van der Waals surface area (Å²) in [6.45, 7) is 4.13. The molecule has 0 aliphatic carbocycles. The summed E-state index contributed by atoms with van der Waals surface area (Å²) in [4.78, 5) is 45.1. The van der Waals surface area contributed by atoms with Gasteiger partial charge in [-0.1, -0.05) is 89.9 Å². The van der Waals surface area contributed by atoms with Crippen molar-refractivity contribution >= 4 is 74.4 Å². The third kappa shape index (κ3) is 7.24. The number of benzene rings is 5. The Kier molecular flexibility index (Phi) is 10.4. The first-order valence-electron chi connectivity index (χ1n) is 18.2. The molecular formula is C44H36BrCl2N3O5. The lowest BCUT2D eigenvalue weighted by atomic mass is 9.76. The van der Waals surface area contributed by atoms with Crippen molar-refractivity contribution in [2.24, 2.45) is 0 Å². The summed E-state index contributed by atoms with van der Waals surface area (Å²) in [5.41, 5.74) is 7.09. The molecule has 4 amide bonds. The Morgan fingerprint density at radius 1 is 0.818 bits per heavy atom. The van der Waals surface area contributed by atoms with Crippen molar-refractivity contribution in [2.45, 2.75) is 38.2 Å². The molecular weight excluding hydrogens is 801 g/mol. The molecule has 5 aromatic carbocycles. The first-order chi connectivity index (χ1) is 26.7. The van der Waals surface area contributed by atoms with Crippen molar-refractivity contribution in [1.29, 1.82) is 0 Å². The van der Waals surface area contributed by atoms with E-state index in [0.29, 0.717) is 43.9 Å². The number of amides is 4. The van der Waals surface area contributed by atoms with E-state index in [9.17, 15) is 14.4 Å². The first kappa shape index (κ1) is 36.9. The second-order valence-electron chi connectivity index (χ2n) is 13.7. The number of carbonyl (C=O) groups is 3. The van der Waals surface area contributed by atoms with E-state index in [2.05, 4.69) is 50.4 Å².